The molecule has 0 fully saturated rings. The number of ether oxygens (including phenoxy) is 2. The fourth-order valence-electron chi connectivity index (χ4n) is 2.36. The van der Waals surface area contributed by atoms with Crippen LogP contribution in [0.25, 0.3) is 0 Å². The van der Waals surface area contributed by atoms with Crippen molar-refractivity contribution in [1.29, 1.82) is 0 Å². The van der Waals surface area contributed by atoms with Crippen LogP contribution in [0.2, 0.25) is 0 Å². The lowest BCUT2D eigenvalue weighted by Gasteiger charge is -2.10. The molecule has 0 atom stereocenters. The number of para-hydroxylation sites is 1. The number of methoxy groups -OCH3 is 1. The normalized spacial score (nSPS) is 10.6. The van der Waals surface area contributed by atoms with Crippen molar-refractivity contribution in [2.24, 2.45) is 5.10 Å². The minimum Gasteiger partial charge on any atom is -0.493 e. The van der Waals surface area contributed by atoms with Gasteiger partial charge in [-0.3, -0.25) is 0 Å². The number of anilines is 1. The van der Waals surface area contributed by atoms with Crippen molar-refractivity contribution in [3.05, 3.63) is 70.2 Å². The highest BCUT2D eigenvalue weighted by molar-refractivity contribution is 7.09. The quantitative estimate of drug-likeness (QED) is 0.463. The van der Waals surface area contributed by atoms with Crippen molar-refractivity contribution >= 4 is 29.3 Å². The molecular weight excluding hydrogens is 376 g/mol. The number of benzene rings is 2. The van der Waals surface area contributed by atoms with Crippen LogP contribution in [0, 0.1) is 6.92 Å². The molecule has 1 heterocycles. The molecule has 144 valence electrons. The van der Waals surface area contributed by atoms with Crippen LogP contribution in [-0.2, 0) is 6.61 Å². The molecule has 3 rings (SSSR count). The number of hydrazone groups is 1. The van der Waals surface area contributed by atoms with E-state index in [2.05, 4.69) is 20.8 Å². The van der Waals surface area contributed by atoms with Crippen molar-refractivity contribution in [3.8, 4) is 11.5 Å². The predicted molar refractivity (Wildman–Crippen MR) is 110 cm³/mol. The first-order valence-electron chi connectivity index (χ1n) is 8.51. The van der Waals surface area contributed by atoms with E-state index in [0.29, 0.717) is 23.8 Å². The van der Waals surface area contributed by atoms with E-state index >= 15 is 0 Å². The molecule has 2 N–H and O–H groups in total. The number of thiazole rings is 1. The van der Waals surface area contributed by atoms with Gasteiger partial charge in [0.05, 0.1) is 24.0 Å². The van der Waals surface area contributed by atoms with Crippen molar-refractivity contribution in [3.63, 3.8) is 0 Å². The van der Waals surface area contributed by atoms with E-state index in [1.807, 2.05) is 36.6 Å². The van der Waals surface area contributed by atoms with Gasteiger partial charge in [0.2, 0.25) is 0 Å². The van der Waals surface area contributed by atoms with Crippen LogP contribution in [0.15, 0.2) is 59.0 Å². The van der Waals surface area contributed by atoms with Crippen LogP contribution in [0.5, 0.6) is 11.5 Å². The number of carbonyl (C=O) groups excluding carboxylic acids is 1. The number of carbonyl (C=O) groups is 1. The summed E-state index contributed by atoms with van der Waals surface area (Å²) in [5.74, 6) is 1.18. The Morgan fingerprint density at radius 1 is 1.21 bits per heavy atom. The van der Waals surface area contributed by atoms with Crippen LogP contribution < -0.4 is 20.2 Å². The highest BCUT2D eigenvalue weighted by atomic mass is 32.1. The van der Waals surface area contributed by atoms with Gasteiger partial charge in [-0.2, -0.15) is 5.10 Å². The number of amides is 2. The number of nitrogens with one attached hydrogen (secondary N) is 2. The molecule has 0 aliphatic rings. The Morgan fingerprint density at radius 3 is 2.75 bits per heavy atom. The van der Waals surface area contributed by atoms with E-state index in [1.54, 1.807) is 42.7 Å². The minimum absolute atomic E-state index is 0.370. The molecule has 0 bridgehead atoms. The zero-order chi connectivity index (χ0) is 19.8. The fraction of sp³-hybridized carbons (Fsp3) is 0.150. The summed E-state index contributed by atoms with van der Waals surface area (Å²) in [6.45, 7) is 2.33. The topological polar surface area (TPSA) is 84.8 Å². The molecule has 0 aliphatic heterocycles. The molecule has 0 aliphatic carbocycles. The number of aryl methyl sites for hydroxylation is 1. The summed E-state index contributed by atoms with van der Waals surface area (Å²) in [6.07, 6.45) is 1.53. The standard InChI is InChI=1S/C20H20N4O3S/c1-14-22-17(13-28-14)12-27-18-9-8-15(10-19(18)26-2)11-21-24-20(25)23-16-6-4-3-5-7-16/h3-11,13H,12H2,1-2H3,(H2,23,24,25)/b21-11-. The Balaban J connectivity index is 1.56. The Bertz CT molecular complexity index is 957. The number of aromatic nitrogens is 1. The summed E-state index contributed by atoms with van der Waals surface area (Å²) in [5, 5.41) is 9.60. The van der Waals surface area contributed by atoms with Crippen LogP contribution >= 0.6 is 11.3 Å². The maximum Gasteiger partial charge on any atom is 0.339 e. The second-order valence-electron chi connectivity index (χ2n) is 5.75. The first kappa shape index (κ1) is 19.4. The first-order chi connectivity index (χ1) is 13.6. The number of rotatable bonds is 7. The van der Waals surface area contributed by atoms with Gasteiger partial charge in [0.25, 0.3) is 0 Å². The number of urea groups is 1. The van der Waals surface area contributed by atoms with Crippen molar-refractivity contribution < 1.29 is 14.3 Å². The molecule has 2 amide bonds. The Hall–Kier alpha value is -3.39. The lowest BCUT2D eigenvalue weighted by atomic mass is 10.2. The van der Waals surface area contributed by atoms with Crippen molar-refractivity contribution in [1.82, 2.24) is 10.4 Å². The Labute approximate surface area is 167 Å². The minimum atomic E-state index is -0.423. The van der Waals surface area contributed by atoms with Gasteiger partial charge in [-0.15, -0.1) is 11.3 Å². The van der Waals surface area contributed by atoms with Gasteiger partial charge in [0.15, 0.2) is 11.5 Å². The lowest BCUT2D eigenvalue weighted by molar-refractivity contribution is 0.252. The van der Waals surface area contributed by atoms with E-state index in [4.69, 9.17) is 9.47 Å². The molecule has 0 saturated heterocycles. The lowest BCUT2D eigenvalue weighted by Crippen LogP contribution is -2.24. The van der Waals surface area contributed by atoms with E-state index in [-0.39, 0.29) is 0 Å². The van der Waals surface area contributed by atoms with Gasteiger partial charge >= 0.3 is 6.03 Å². The summed E-state index contributed by atoms with van der Waals surface area (Å²) in [5.41, 5.74) is 4.75. The maximum atomic E-state index is 11.8. The molecule has 0 radical (unpaired) electrons. The van der Waals surface area contributed by atoms with Crippen LogP contribution in [0.4, 0.5) is 10.5 Å². The van der Waals surface area contributed by atoms with Crippen LogP contribution in [0.1, 0.15) is 16.3 Å². The highest BCUT2D eigenvalue weighted by Gasteiger charge is 2.07. The van der Waals surface area contributed by atoms with E-state index in [0.717, 1.165) is 16.3 Å². The van der Waals surface area contributed by atoms with E-state index in [9.17, 15) is 4.79 Å². The van der Waals surface area contributed by atoms with Gasteiger partial charge in [0, 0.05) is 11.1 Å². The van der Waals surface area contributed by atoms with Crippen LogP contribution in [-0.4, -0.2) is 24.3 Å². The first-order valence-corrected chi connectivity index (χ1v) is 9.39. The largest absolute Gasteiger partial charge is 0.493 e. The summed E-state index contributed by atoms with van der Waals surface area (Å²) >= 11 is 1.58. The van der Waals surface area contributed by atoms with Gasteiger partial charge in [0.1, 0.15) is 6.61 Å². The third-order valence-electron chi connectivity index (χ3n) is 3.64. The molecule has 0 saturated carbocycles. The molecule has 1 aromatic heterocycles. The van der Waals surface area contributed by atoms with E-state index in [1.165, 1.54) is 6.21 Å². The summed E-state index contributed by atoms with van der Waals surface area (Å²) in [4.78, 5) is 16.2. The van der Waals surface area contributed by atoms with Gasteiger partial charge in [-0.25, -0.2) is 15.2 Å². The number of hydrogen-bond donors (Lipinski definition) is 2. The third kappa shape index (κ3) is 5.55. The van der Waals surface area contributed by atoms with Crippen molar-refractivity contribution in [2.75, 3.05) is 12.4 Å². The summed E-state index contributed by atoms with van der Waals surface area (Å²) in [7, 11) is 1.57. The highest BCUT2D eigenvalue weighted by Crippen LogP contribution is 2.28. The fourth-order valence-corrected chi connectivity index (χ4v) is 2.95. The number of hydrogen-bond acceptors (Lipinski definition) is 6. The molecule has 0 spiro atoms. The predicted octanol–water partition coefficient (Wildman–Crippen LogP) is 4.19. The molecule has 7 nitrogen and oxygen atoms in total. The SMILES string of the molecule is COc1cc(/C=N\NC(=O)Nc2ccccc2)ccc1OCc1csc(C)n1. The van der Waals surface area contributed by atoms with Gasteiger partial charge in [-0.1, -0.05) is 18.2 Å². The third-order valence-corrected chi connectivity index (χ3v) is 4.46. The molecule has 0 unspecified atom stereocenters. The molecule has 2 aromatic carbocycles. The monoisotopic (exact) mass is 396 g/mol. The van der Waals surface area contributed by atoms with Crippen molar-refractivity contribution in [2.45, 2.75) is 13.5 Å². The van der Waals surface area contributed by atoms with Gasteiger partial charge in [-0.05, 0) is 42.8 Å². The Kier molecular flexibility index (Phi) is 6.59. The maximum absolute atomic E-state index is 11.8. The average molecular weight is 396 g/mol. The van der Waals surface area contributed by atoms with Gasteiger partial charge < -0.3 is 14.8 Å². The second-order valence-corrected chi connectivity index (χ2v) is 6.81. The number of nitrogens with zero attached hydrogens (tertiary/aromatic N) is 2. The molecule has 28 heavy (non-hydrogen) atoms. The van der Waals surface area contributed by atoms with E-state index < -0.39 is 6.03 Å². The smallest absolute Gasteiger partial charge is 0.339 e. The molecule has 3 aromatic rings. The molecule has 8 heteroatoms. The Morgan fingerprint density at radius 2 is 2.04 bits per heavy atom. The second kappa shape index (κ2) is 9.52. The average Bonchev–Trinajstić information content (AvgIpc) is 3.12. The summed E-state index contributed by atoms with van der Waals surface area (Å²) in [6, 6.07) is 14.1. The van der Waals surface area contributed by atoms with Crippen LogP contribution in [0.3, 0.4) is 0 Å². The zero-order valence-electron chi connectivity index (χ0n) is 15.5. The zero-order valence-corrected chi connectivity index (χ0v) is 16.3. The summed E-state index contributed by atoms with van der Waals surface area (Å²) < 4.78 is 11.2. The molecular formula is C20H20N4O3S.